The van der Waals surface area contributed by atoms with Crippen molar-refractivity contribution in [2.75, 3.05) is 0 Å². The van der Waals surface area contributed by atoms with Gasteiger partial charge in [0.05, 0.1) is 0 Å². The Balaban J connectivity index is 1.83. The van der Waals surface area contributed by atoms with E-state index in [1.54, 1.807) is 0 Å². The van der Waals surface area contributed by atoms with Gasteiger partial charge in [-0.05, 0) is 37.5 Å². The van der Waals surface area contributed by atoms with Gasteiger partial charge in [0.15, 0.2) is 0 Å². The number of rotatable bonds is 4. The SMILES string of the molecule is CCC[C@@H]1CCCC[C@@H]1NC(=O)[C@@H]1C[C@H]1C. The Labute approximate surface area is 99.2 Å². The molecule has 0 aromatic rings. The van der Waals surface area contributed by atoms with E-state index >= 15 is 0 Å². The molecule has 4 atom stereocenters. The van der Waals surface area contributed by atoms with Crippen molar-refractivity contribution in [1.82, 2.24) is 5.32 Å². The van der Waals surface area contributed by atoms with Crippen LogP contribution in [0.4, 0.5) is 0 Å². The van der Waals surface area contributed by atoms with Crippen LogP contribution in [0.3, 0.4) is 0 Å². The second-order valence-corrected chi connectivity index (χ2v) is 5.77. The number of carbonyl (C=O) groups is 1. The molecular formula is C14H25NO. The smallest absolute Gasteiger partial charge is 0.223 e. The summed E-state index contributed by atoms with van der Waals surface area (Å²) in [4.78, 5) is 11.9. The van der Waals surface area contributed by atoms with Crippen LogP contribution in [0.2, 0.25) is 0 Å². The highest BCUT2D eigenvalue weighted by atomic mass is 16.2. The molecule has 2 rings (SSSR count). The van der Waals surface area contributed by atoms with Crippen molar-refractivity contribution in [1.29, 1.82) is 0 Å². The quantitative estimate of drug-likeness (QED) is 0.779. The summed E-state index contributed by atoms with van der Waals surface area (Å²) in [5.74, 6) is 2.05. The Morgan fingerprint density at radius 2 is 2.00 bits per heavy atom. The molecule has 1 N–H and O–H groups in total. The minimum atomic E-state index is 0.334. The summed E-state index contributed by atoms with van der Waals surface area (Å²) in [6.07, 6.45) is 8.82. The maximum atomic E-state index is 11.9. The largest absolute Gasteiger partial charge is 0.353 e. The average Bonchev–Trinajstić information content (AvgIpc) is 2.99. The first kappa shape index (κ1) is 11.9. The molecule has 92 valence electrons. The van der Waals surface area contributed by atoms with Crippen molar-refractivity contribution in [3.63, 3.8) is 0 Å². The molecule has 0 radical (unpaired) electrons. The standard InChI is InChI=1S/C14H25NO/c1-3-6-11-7-4-5-8-13(11)15-14(16)12-9-10(12)2/h10-13H,3-9H2,1-2H3,(H,15,16)/t10-,11-,12-,13+/m1/s1. The van der Waals surface area contributed by atoms with E-state index in [-0.39, 0.29) is 0 Å². The molecule has 2 nitrogen and oxygen atoms in total. The monoisotopic (exact) mass is 223 g/mol. The fourth-order valence-electron chi connectivity index (χ4n) is 3.09. The fraction of sp³-hybridized carbons (Fsp3) is 0.929. The van der Waals surface area contributed by atoms with E-state index < -0.39 is 0 Å². The highest BCUT2D eigenvalue weighted by Gasteiger charge is 2.40. The van der Waals surface area contributed by atoms with Crippen molar-refractivity contribution in [3.8, 4) is 0 Å². The first-order chi connectivity index (χ1) is 7.72. The summed E-state index contributed by atoms with van der Waals surface area (Å²) in [5.41, 5.74) is 0. The lowest BCUT2D eigenvalue weighted by atomic mass is 9.82. The van der Waals surface area contributed by atoms with E-state index in [0.717, 1.165) is 12.3 Å². The molecule has 0 heterocycles. The van der Waals surface area contributed by atoms with Gasteiger partial charge >= 0.3 is 0 Å². The average molecular weight is 223 g/mol. The van der Waals surface area contributed by atoms with Crippen LogP contribution >= 0.6 is 0 Å². The Morgan fingerprint density at radius 3 is 2.62 bits per heavy atom. The molecule has 2 saturated carbocycles. The van der Waals surface area contributed by atoms with Crippen LogP contribution in [0.5, 0.6) is 0 Å². The van der Waals surface area contributed by atoms with Crippen LogP contribution in [-0.4, -0.2) is 11.9 Å². The van der Waals surface area contributed by atoms with Crippen molar-refractivity contribution >= 4 is 5.91 Å². The lowest BCUT2D eigenvalue weighted by Crippen LogP contribution is -2.42. The van der Waals surface area contributed by atoms with Crippen LogP contribution in [-0.2, 0) is 4.79 Å². The molecule has 0 unspecified atom stereocenters. The third-order valence-corrected chi connectivity index (χ3v) is 4.34. The normalized spacial score (nSPS) is 38.1. The molecule has 0 bridgehead atoms. The van der Waals surface area contributed by atoms with E-state index in [0.29, 0.717) is 23.8 Å². The van der Waals surface area contributed by atoms with E-state index in [1.165, 1.54) is 38.5 Å². The van der Waals surface area contributed by atoms with Gasteiger partial charge in [0, 0.05) is 12.0 Å². The summed E-state index contributed by atoms with van der Waals surface area (Å²) >= 11 is 0. The topological polar surface area (TPSA) is 29.1 Å². The minimum Gasteiger partial charge on any atom is -0.353 e. The number of carbonyl (C=O) groups excluding carboxylic acids is 1. The van der Waals surface area contributed by atoms with Gasteiger partial charge in [-0.1, -0.05) is 33.1 Å². The second-order valence-electron chi connectivity index (χ2n) is 5.77. The van der Waals surface area contributed by atoms with Crippen molar-refractivity contribution in [2.45, 2.75) is 64.8 Å². The zero-order chi connectivity index (χ0) is 11.5. The third-order valence-electron chi connectivity index (χ3n) is 4.34. The van der Waals surface area contributed by atoms with Gasteiger partial charge in [-0.15, -0.1) is 0 Å². The van der Waals surface area contributed by atoms with Gasteiger partial charge in [-0.3, -0.25) is 4.79 Å². The maximum Gasteiger partial charge on any atom is 0.223 e. The molecule has 16 heavy (non-hydrogen) atoms. The highest BCUT2D eigenvalue weighted by Crippen LogP contribution is 2.38. The summed E-state index contributed by atoms with van der Waals surface area (Å²) in [5, 5.41) is 3.31. The highest BCUT2D eigenvalue weighted by molar-refractivity contribution is 5.81. The number of hydrogen-bond acceptors (Lipinski definition) is 1. The molecular weight excluding hydrogens is 198 g/mol. The van der Waals surface area contributed by atoms with Crippen LogP contribution in [0.15, 0.2) is 0 Å². The minimum absolute atomic E-state index is 0.334. The van der Waals surface area contributed by atoms with Crippen LogP contribution < -0.4 is 5.32 Å². The summed E-state index contributed by atoms with van der Waals surface area (Å²) in [7, 11) is 0. The van der Waals surface area contributed by atoms with Gasteiger partial charge in [0.25, 0.3) is 0 Å². The lowest BCUT2D eigenvalue weighted by Gasteiger charge is -2.32. The third kappa shape index (κ3) is 2.78. The number of hydrogen-bond donors (Lipinski definition) is 1. The predicted molar refractivity (Wildman–Crippen MR) is 66.1 cm³/mol. The first-order valence-corrected chi connectivity index (χ1v) is 7.02. The zero-order valence-electron chi connectivity index (χ0n) is 10.7. The Kier molecular flexibility index (Phi) is 3.88. The fourth-order valence-corrected chi connectivity index (χ4v) is 3.09. The molecule has 2 aliphatic carbocycles. The molecule has 0 aromatic carbocycles. The molecule has 0 spiro atoms. The van der Waals surface area contributed by atoms with Gasteiger partial charge < -0.3 is 5.32 Å². The van der Waals surface area contributed by atoms with Gasteiger partial charge in [0.2, 0.25) is 5.91 Å². The Bertz CT molecular complexity index is 249. The van der Waals surface area contributed by atoms with Crippen LogP contribution in [0, 0.1) is 17.8 Å². The Morgan fingerprint density at radius 1 is 1.31 bits per heavy atom. The molecule has 1 amide bonds. The second kappa shape index (κ2) is 5.20. The molecule has 2 aliphatic rings. The van der Waals surface area contributed by atoms with Gasteiger partial charge in [0.1, 0.15) is 0 Å². The van der Waals surface area contributed by atoms with Crippen molar-refractivity contribution in [3.05, 3.63) is 0 Å². The van der Waals surface area contributed by atoms with E-state index in [4.69, 9.17) is 0 Å². The first-order valence-electron chi connectivity index (χ1n) is 7.02. The molecule has 2 heteroatoms. The molecule has 0 aromatic heterocycles. The summed E-state index contributed by atoms with van der Waals surface area (Å²) in [6.45, 7) is 4.42. The Hall–Kier alpha value is -0.530. The summed E-state index contributed by atoms with van der Waals surface area (Å²) in [6, 6.07) is 0.481. The van der Waals surface area contributed by atoms with Gasteiger partial charge in [-0.25, -0.2) is 0 Å². The van der Waals surface area contributed by atoms with E-state index in [2.05, 4.69) is 19.2 Å². The van der Waals surface area contributed by atoms with Gasteiger partial charge in [-0.2, -0.15) is 0 Å². The maximum absolute atomic E-state index is 11.9. The molecule has 2 fully saturated rings. The number of amides is 1. The van der Waals surface area contributed by atoms with Crippen LogP contribution in [0.25, 0.3) is 0 Å². The van der Waals surface area contributed by atoms with Crippen molar-refractivity contribution < 1.29 is 4.79 Å². The van der Waals surface area contributed by atoms with Crippen molar-refractivity contribution in [2.24, 2.45) is 17.8 Å². The summed E-state index contributed by atoms with van der Waals surface area (Å²) < 4.78 is 0. The molecule has 0 saturated heterocycles. The molecule has 0 aliphatic heterocycles. The predicted octanol–water partition coefficient (Wildman–Crippen LogP) is 3.12. The van der Waals surface area contributed by atoms with E-state index in [9.17, 15) is 4.79 Å². The van der Waals surface area contributed by atoms with E-state index in [1.807, 2.05) is 0 Å². The lowest BCUT2D eigenvalue weighted by molar-refractivity contribution is -0.123. The van der Waals surface area contributed by atoms with Crippen LogP contribution in [0.1, 0.15) is 58.8 Å². The zero-order valence-corrected chi connectivity index (χ0v) is 10.7. The number of nitrogens with one attached hydrogen (secondary N) is 1.